The Morgan fingerprint density at radius 3 is 2.55 bits per heavy atom. The van der Waals surface area contributed by atoms with Crippen LogP contribution in [0.1, 0.15) is 5.56 Å². The second-order valence-corrected chi connectivity index (χ2v) is 4.13. The fourth-order valence-corrected chi connectivity index (χ4v) is 1.81. The maximum Gasteiger partial charge on any atom is 0.274 e. The van der Waals surface area contributed by atoms with Crippen LogP contribution < -0.4 is 4.74 Å². The number of ether oxygens (including phenoxy) is 1. The smallest absolute Gasteiger partial charge is 0.274 e. The van der Waals surface area contributed by atoms with E-state index in [1.54, 1.807) is 0 Å². The minimum atomic E-state index is -0.865. The first-order valence-corrected chi connectivity index (χ1v) is 6.01. The average molecular weight is 300 g/mol. The Labute approximate surface area is 117 Å². The molecule has 0 amide bonds. The first kappa shape index (κ1) is 14.2. The number of halogens is 3. The van der Waals surface area contributed by atoms with Crippen LogP contribution in [-0.2, 0) is 5.88 Å². The highest BCUT2D eigenvalue weighted by atomic mass is 35.5. The standard InChI is InChI=1S/C13H8ClF2NO3/c14-7-8-5-10(2-3-12(8)17(18)19)20-13-4-1-9(15)6-11(13)16/h1-6H,7H2. The molecule has 0 heterocycles. The molecule has 0 saturated carbocycles. The predicted octanol–water partition coefficient (Wildman–Crippen LogP) is 4.40. The van der Waals surface area contributed by atoms with E-state index in [2.05, 4.69) is 0 Å². The van der Waals surface area contributed by atoms with E-state index in [0.717, 1.165) is 12.1 Å². The van der Waals surface area contributed by atoms with E-state index in [-0.39, 0.29) is 28.6 Å². The molecule has 0 saturated heterocycles. The van der Waals surface area contributed by atoms with Gasteiger partial charge in [0.2, 0.25) is 0 Å². The summed E-state index contributed by atoms with van der Waals surface area (Å²) >= 11 is 5.62. The van der Waals surface area contributed by atoms with Crippen LogP contribution in [0.4, 0.5) is 14.5 Å². The van der Waals surface area contributed by atoms with Crippen LogP contribution in [0.2, 0.25) is 0 Å². The number of rotatable bonds is 4. The zero-order valence-electron chi connectivity index (χ0n) is 9.98. The summed E-state index contributed by atoms with van der Waals surface area (Å²) in [6, 6.07) is 6.74. The van der Waals surface area contributed by atoms with E-state index in [4.69, 9.17) is 16.3 Å². The summed E-state index contributed by atoms with van der Waals surface area (Å²) in [5.41, 5.74) is 0.101. The van der Waals surface area contributed by atoms with Crippen molar-refractivity contribution in [3.8, 4) is 11.5 Å². The van der Waals surface area contributed by atoms with E-state index in [1.807, 2.05) is 0 Å². The SMILES string of the molecule is O=[N+]([O-])c1ccc(Oc2ccc(F)cc2F)cc1CCl. The van der Waals surface area contributed by atoms with Crippen LogP contribution in [0, 0.1) is 21.7 Å². The van der Waals surface area contributed by atoms with Gasteiger partial charge in [0.1, 0.15) is 11.6 Å². The Morgan fingerprint density at radius 1 is 1.20 bits per heavy atom. The molecule has 0 aliphatic heterocycles. The van der Waals surface area contributed by atoms with Gasteiger partial charge in [0.25, 0.3) is 5.69 Å². The molecule has 104 valence electrons. The van der Waals surface area contributed by atoms with Crippen molar-refractivity contribution in [2.45, 2.75) is 5.88 Å². The van der Waals surface area contributed by atoms with E-state index in [1.165, 1.54) is 18.2 Å². The van der Waals surface area contributed by atoms with Gasteiger partial charge in [-0.05, 0) is 24.3 Å². The normalized spacial score (nSPS) is 10.3. The highest BCUT2D eigenvalue weighted by molar-refractivity contribution is 6.17. The molecular weight excluding hydrogens is 292 g/mol. The molecule has 0 unspecified atom stereocenters. The zero-order chi connectivity index (χ0) is 14.7. The van der Waals surface area contributed by atoms with Crippen LogP contribution >= 0.6 is 11.6 Å². The van der Waals surface area contributed by atoms with Gasteiger partial charge in [-0.3, -0.25) is 10.1 Å². The van der Waals surface area contributed by atoms with Crippen molar-refractivity contribution in [3.05, 3.63) is 63.7 Å². The molecule has 0 aliphatic rings. The third-order valence-electron chi connectivity index (χ3n) is 2.51. The maximum atomic E-state index is 13.4. The molecule has 7 heteroatoms. The van der Waals surface area contributed by atoms with Crippen LogP contribution in [0.15, 0.2) is 36.4 Å². The zero-order valence-corrected chi connectivity index (χ0v) is 10.7. The highest BCUT2D eigenvalue weighted by Crippen LogP contribution is 2.30. The Balaban J connectivity index is 2.32. The minimum Gasteiger partial charge on any atom is -0.454 e. The lowest BCUT2D eigenvalue weighted by Gasteiger charge is -2.08. The van der Waals surface area contributed by atoms with Crippen molar-refractivity contribution >= 4 is 17.3 Å². The van der Waals surface area contributed by atoms with Crippen molar-refractivity contribution in [2.24, 2.45) is 0 Å². The van der Waals surface area contributed by atoms with Gasteiger partial charge in [-0.25, -0.2) is 8.78 Å². The summed E-state index contributed by atoms with van der Waals surface area (Å²) in [6.45, 7) is 0. The molecule has 0 N–H and O–H groups in total. The Morgan fingerprint density at radius 2 is 1.95 bits per heavy atom. The van der Waals surface area contributed by atoms with Gasteiger partial charge in [0.15, 0.2) is 11.6 Å². The molecule has 0 aliphatic carbocycles. The fourth-order valence-electron chi connectivity index (χ4n) is 1.60. The molecule has 0 fully saturated rings. The molecule has 20 heavy (non-hydrogen) atoms. The molecule has 2 rings (SSSR count). The second kappa shape index (κ2) is 5.83. The van der Waals surface area contributed by atoms with Crippen molar-refractivity contribution in [3.63, 3.8) is 0 Å². The predicted molar refractivity (Wildman–Crippen MR) is 69.1 cm³/mol. The van der Waals surface area contributed by atoms with Crippen LogP contribution in [0.5, 0.6) is 11.5 Å². The Kier molecular flexibility index (Phi) is 4.14. The lowest BCUT2D eigenvalue weighted by atomic mass is 10.2. The van der Waals surface area contributed by atoms with E-state index < -0.39 is 16.6 Å². The van der Waals surface area contributed by atoms with Crippen molar-refractivity contribution in [2.75, 3.05) is 0 Å². The molecular formula is C13H8ClF2NO3. The van der Waals surface area contributed by atoms with E-state index >= 15 is 0 Å². The molecule has 2 aromatic rings. The van der Waals surface area contributed by atoms with Gasteiger partial charge < -0.3 is 4.74 Å². The summed E-state index contributed by atoms with van der Waals surface area (Å²) in [7, 11) is 0. The molecule has 0 spiro atoms. The first-order chi connectivity index (χ1) is 9.51. The van der Waals surface area contributed by atoms with E-state index in [0.29, 0.717) is 6.07 Å². The summed E-state index contributed by atoms with van der Waals surface area (Å²) in [4.78, 5) is 10.2. The van der Waals surface area contributed by atoms with Crippen molar-refractivity contribution in [1.82, 2.24) is 0 Å². The quantitative estimate of drug-likeness (QED) is 0.477. The summed E-state index contributed by atoms with van der Waals surface area (Å²) in [5.74, 6) is -1.67. The summed E-state index contributed by atoms with van der Waals surface area (Å²) < 4.78 is 31.4. The Bertz CT molecular complexity index is 664. The lowest BCUT2D eigenvalue weighted by Crippen LogP contribution is -1.95. The number of nitro benzene ring substituents is 1. The van der Waals surface area contributed by atoms with Gasteiger partial charge in [-0.1, -0.05) is 0 Å². The van der Waals surface area contributed by atoms with Gasteiger partial charge in [-0.2, -0.15) is 0 Å². The molecule has 0 bridgehead atoms. The third kappa shape index (κ3) is 3.03. The molecule has 0 aromatic heterocycles. The molecule has 4 nitrogen and oxygen atoms in total. The average Bonchev–Trinajstić information content (AvgIpc) is 2.41. The second-order valence-electron chi connectivity index (χ2n) is 3.86. The summed E-state index contributed by atoms with van der Waals surface area (Å²) in [6.07, 6.45) is 0. The van der Waals surface area contributed by atoms with Gasteiger partial charge in [0, 0.05) is 17.7 Å². The van der Waals surface area contributed by atoms with Gasteiger partial charge in [0.05, 0.1) is 10.8 Å². The molecule has 0 atom stereocenters. The van der Waals surface area contributed by atoms with E-state index in [9.17, 15) is 18.9 Å². The number of hydrogen-bond donors (Lipinski definition) is 0. The number of nitrogens with zero attached hydrogens (tertiary/aromatic N) is 1. The number of hydrogen-bond acceptors (Lipinski definition) is 3. The van der Waals surface area contributed by atoms with Crippen molar-refractivity contribution < 1.29 is 18.4 Å². The maximum absolute atomic E-state index is 13.4. The Hall–Kier alpha value is -2.21. The number of benzene rings is 2. The number of nitro groups is 1. The number of alkyl halides is 1. The fraction of sp³-hybridized carbons (Fsp3) is 0.0769. The van der Waals surface area contributed by atoms with Crippen LogP contribution in [0.3, 0.4) is 0 Å². The third-order valence-corrected chi connectivity index (χ3v) is 2.80. The highest BCUT2D eigenvalue weighted by Gasteiger charge is 2.15. The lowest BCUT2D eigenvalue weighted by molar-refractivity contribution is -0.385. The molecule has 0 radical (unpaired) electrons. The molecule has 2 aromatic carbocycles. The first-order valence-electron chi connectivity index (χ1n) is 5.47. The van der Waals surface area contributed by atoms with Crippen LogP contribution in [-0.4, -0.2) is 4.92 Å². The minimum absolute atomic E-state index is 0.0839. The topological polar surface area (TPSA) is 52.4 Å². The van der Waals surface area contributed by atoms with Crippen molar-refractivity contribution in [1.29, 1.82) is 0 Å². The summed E-state index contributed by atoms with van der Waals surface area (Å²) in [5, 5.41) is 10.7. The largest absolute Gasteiger partial charge is 0.454 e. The van der Waals surface area contributed by atoms with Gasteiger partial charge >= 0.3 is 0 Å². The van der Waals surface area contributed by atoms with Gasteiger partial charge in [-0.15, -0.1) is 11.6 Å². The monoisotopic (exact) mass is 299 g/mol. The van der Waals surface area contributed by atoms with Crippen LogP contribution in [0.25, 0.3) is 0 Å².